The van der Waals surface area contributed by atoms with Gasteiger partial charge in [0.25, 0.3) is 0 Å². The van der Waals surface area contributed by atoms with Gasteiger partial charge in [-0.3, -0.25) is 24.0 Å². The summed E-state index contributed by atoms with van der Waals surface area (Å²) >= 11 is 0. The number of ketones is 1. The number of aliphatic hydroxyl groups excluding tert-OH is 2. The Hall–Kier alpha value is -4.70. The Morgan fingerprint density at radius 3 is 2.24 bits per heavy atom. The smallest absolute Gasteiger partial charge is 0.330 e. The van der Waals surface area contributed by atoms with Crippen molar-refractivity contribution in [2.75, 3.05) is 6.61 Å². The van der Waals surface area contributed by atoms with Crippen LogP contribution < -0.4 is 5.32 Å². The topological polar surface area (TPSA) is 221 Å². The van der Waals surface area contributed by atoms with Gasteiger partial charge in [0.05, 0.1) is 36.5 Å². The largest absolute Gasteiger partial charge is 0.461 e. The van der Waals surface area contributed by atoms with Gasteiger partial charge < -0.3 is 44.3 Å². The molecule has 1 aromatic rings. The molecule has 4 aliphatic rings. The van der Waals surface area contributed by atoms with Gasteiger partial charge in [0, 0.05) is 43.3 Å². The lowest BCUT2D eigenvalue weighted by molar-refractivity contribution is -0.347. The van der Waals surface area contributed by atoms with Gasteiger partial charge in [0.2, 0.25) is 5.91 Å². The van der Waals surface area contributed by atoms with E-state index in [-0.39, 0.29) is 30.6 Å². The number of Topliss-reactive ketones (excluding diaryl/α,β-unsaturated/α-hetero) is 1. The highest BCUT2D eigenvalue weighted by molar-refractivity contribution is 5.94. The summed E-state index contributed by atoms with van der Waals surface area (Å²) in [5, 5.41) is 40.0. The normalized spacial score (nSPS) is 33.5. The minimum Gasteiger partial charge on any atom is -0.461 e. The van der Waals surface area contributed by atoms with Gasteiger partial charge in [-0.2, -0.15) is 0 Å². The van der Waals surface area contributed by atoms with Crippen molar-refractivity contribution in [3.63, 3.8) is 0 Å². The Morgan fingerprint density at radius 2 is 1.68 bits per heavy atom. The van der Waals surface area contributed by atoms with E-state index >= 15 is 4.79 Å². The maximum Gasteiger partial charge on any atom is 0.330 e. The van der Waals surface area contributed by atoms with Gasteiger partial charge >= 0.3 is 23.9 Å². The maximum absolute atomic E-state index is 15.2. The number of benzene rings is 1. The molecular weight excluding hydrogens is 766 g/mol. The van der Waals surface area contributed by atoms with E-state index in [4.69, 9.17) is 23.7 Å². The highest BCUT2D eigenvalue weighted by atomic mass is 16.6. The Morgan fingerprint density at radius 1 is 1.02 bits per heavy atom. The van der Waals surface area contributed by atoms with Crippen molar-refractivity contribution in [2.45, 2.75) is 142 Å². The molecule has 322 valence electrons. The molecule has 0 radical (unpaired) electrons. The van der Waals surface area contributed by atoms with Crippen LogP contribution in [0, 0.1) is 16.7 Å². The molecule has 0 spiro atoms. The second-order valence-corrected chi connectivity index (χ2v) is 16.7. The van der Waals surface area contributed by atoms with E-state index in [1.165, 1.54) is 13.0 Å². The first kappa shape index (κ1) is 45.4. The number of carbonyl (C=O) groups excluding carboxylic acids is 6. The number of hydrogen-bond acceptors (Lipinski definition) is 14. The highest BCUT2D eigenvalue weighted by Gasteiger charge is 2.78. The second-order valence-electron chi connectivity index (χ2n) is 16.7. The number of carbonyl (C=O) groups is 6. The second kappa shape index (κ2) is 17.1. The summed E-state index contributed by atoms with van der Waals surface area (Å²) in [5.74, 6) is -6.13. The molecule has 59 heavy (non-hydrogen) atoms. The quantitative estimate of drug-likeness (QED) is 0.103. The van der Waals surface area contributed by atoms with Crippen LogP contribution in [0.3, 0.4) is 0 Å². The number of nitrogens with one attached hydrogen (secondary N) is 1. The van der Waals surface area contributed by atoms with Crippen LogP contribution in [0.4, 0.5) is 0 Å². The minimum absolute atomic E-state index is 0.0216. The third-order valence-corrected chi connectivity index (χ3v) is 13.0. The fourth-order valence-corrected chi connectivity index (χ4v) is 9.65. The summed E-state index contributed by atoms with van der Waals surface area (Å²) in [6, 6.07) is 7.54. The molecule has 1 saturated heterocycles. The first-order chi connectivity index (χ1) is 27.6. The van der Waals surface area contributed by atoms with Crippen LogP contribution in [0.25, 0.3) is 0 Å². The Bertz CT molecular complexity index is 1940. The Balaban J connectivity index is 1.65. The van der Waals surface area contributed by atoms with E-state index in [2.05, 4.69) is 5.32 Å². The van der Waals surface area contributed by atoms with Gasteiger partial charge in [-0.25, -0.2) is 4.79 Å². The lowest BCUT2D eigenvalue weighted by atomic mass is 9.44. The Kier molecular flexibility index (Phi) is 13.2. The zero-order valence-corrected chi connectivity index (χ0v) is 35.1. The third kappa shape index (κ3) is 7.89. The fraction of sp³-hybridized carbons (Fsp3) is 0.591. The van der Waals surface area contributed by atoms with Crippen LogP contribution in [0.15, 0.2) is 65.3 Å². The van der Waals surface area contributed by atoms with Crippen LogP contribution in [0.2, 0.25) is 0 Å². The molecule has 5 rings (SSSR count). The van der Waals surface area contributed by atoms with Crippen LogP contribution in [0.5, 0.6) is 0 Å². The molecule has 0 aromatic heterocycles. The number of allylic oxidation sites excluding steroid dienone is 2. The number of aliphatic hydroxyl groups is 3. The van der Waals surface area contributed by atoms with E-state index in [9.17, 15) is 39.3 Å². The average Bonchev–Trinajstić information content (AvgIpc) is 3.17. The van der Waals surface area contributed by atoms with Crippen molar-refractivity contribution in [3.05, 3.63) is 70.8 Å². The highest BCUT2D eigenvalue weighted by Crippen LogP contribution is 2.64. The minimum atomic E-state index is -2.30. The molecule has 11 atom stereocenters. The molecule has 15 nitrogen and oxygen atoms in total. The molecule has 1 amide bonds. The lowest BCUT2D eigenvalue weighted by Crippen LogP contribution is -2.82. The van der Waals surface area contributed by atoms with Crippen molar-refractivity contribution < 1.29 is 67.8 Å². The summed E-state index contributed by atoms with van der Waals surface area (Å²) in [6.45, 7) is 13.4. The number of rotatable bonds is 12. The predicted molar refractivity (Wildman–Crippen MR) is 210 cm³/mol. The molecular formula is C44H57NO14. The molecule has 2 saturated carbocycles. The van der Waals surface area contributed by atoms with E-state index in [0.717, 1.165) is 13.0 Å². The van der Waals surface area contributed by atoms with E-state index < -0.39 is 119 Å². The van der Waals surface area contributed by atoms with Crippen LogP contribution in [-0.4, -0.2) is 105 Å². The van der Waals surface area contributed by atoms with Crippen LogP contribution in [0.1, 0.15) is 99.6 Å². The Labute approximate surface area is 344 Å². The van der Waals surface area contributed by atoms with Crippen LogP contribution >= 0.6 is 0 Å². The van der Waals surface area contributed by atoms with Crippen molar-refractivity contribution in [1.29, 1.82) is 0 Å². The molecule has 2 bridgehead atoms. The first-order valence-electron chi connectivity index (χ1n) is 20.0. The molecule has 1 aromatic carbocycles. The molecule has 1 unspecified atom stereocenters. The predicted octanol–water partition coefficient (Wildman–Crippen LogP) is 3.43. The summed E-state index contributed by atoms with van der Waals surface area (Å²) in [5.41, 5.74) is -6.48. The molecule has 3 fully saturated rings. The van der Waals surface area contributed by atoms with Crippen molar-refractivity contribution in [2.24, 2.45) is 16.7 Å². The molecule has 4 N–H and O–H groups in total. The zero-order chi connectivity index (χ0) is 43.8. The lowest BCUT2D eigenvalue weighted by Gasteiger charge is -2.67. The van der Waals surface area contributed by atoms with E-state index in [1.807, 2.05) is 0 Å². The van der Waals surface area contributed by atoms with Crippen LogP contribution in [-0.2, 0) is 52.5 Å². The first-order valence-corrected chi connectivity index (χ1v) is 20.0. The standard InChI is InChI=1S/C44H57NO14/c1-10-16-32(49)58-39-37-42(9,29(57-31(48)12-3)20-30-43(37,22-55-30)59-25(6)46)38(52)36(51)34-24(5)28(21-44(39,54)41(34,7)8)56-33(50)19-27(47)35(26-17-14-13-15-18-26)45-40(53)23(4)11-2/h10-11,13-18,27-30,35-37,39,47,51,54H,12,19-22H2,1-9H3,(H,45,53)/b16-10+,23-11+/t27-,28-,29-,30+,35-,36+,37?,39-,42+,43-,44+/m0/s1. The van der Waals surface area contributed by atoms with Gasteiger partial charge in [0.1, 0.15) is 36.1 Å². The average molecular weight is 824 g/mol. The molecule has 1 heterocycles. The zero-order valence-electron chi connectivity index (χ0n) is 35.1. The summed E-state index contributed by atoms with van der Waals surface area (Å²) < 4.78 is 30.1. The number of amides is 1. The van der Waals surface area contributed by atoms with Gasteiger partial charge in [0.15, 0.2) is 11.4 Å². The van der Waals surface area contributed by atoms with Crippen molar-refractivity contribution in [3.8, 4) is 0 Å². The van der Waals surface area contributed by atoms with E-state index in [0.29, 0.717) is 11.1 Å². The number of fused-ring (bicyclic) bond motifs is 5. The number of hydrogen-bond donors (Lipinski definition) is 4. The number of ether oxygens (including phenoxy) is 5. The molecule has 1 aliphatic heterocycles. The van der Waals surface area contributed by atoms with Crippen molar-refractivity contribution in [1.82, 2.24) is 5.32 Å². The van der Waals surface area contributed by atoms with E-state index in [1.54, 1.807) is 84.9 Å². The summed E-state index contributed by atoms with van der Waals surface area (Å²) in [4.78, 5) is 81.5. The SMILES string of the molecule is C/C=C/C(=O)O[C@H]1C2[C@](C)(C(=O)[C@H](O)C3=C(C)[C@@H](OC(=O)C[C@H](O)[C@@H](NC(=O)/C(C)=C/C)c4ccccc4)C[C@]1(O)C3(C)C)[C@@H](OC(=O)CC)C[C@H]1OC[C@@]21OC(C)=O. The fourth-order valence-electron chi connectivity index (χ4n) is 9.65. The van der Waals surface area contributed by atoms with Gasteiger partial charge in [-0.1, -0.05) is 63.3 Å². The number of esters is 4. The van der Waals surface area contributed by atoms with Gasteiger partial charge in [-0.05, 0) is 51.3 Å². The maximum atomic E-state index is 15.2. The monoisotopic (exact) mass is 823 g/mol. The van der Waals surface area contributed by atoms with Crippen molar-refractivity contribution >= 4 is 35.6 Å². The summed E-state index contributed by atoms with van der Waals surface area (Å²) in [7, 11) is 0. The van der Waals surface area contributed by atoms with Gasteiger partial charge in [-0.15, -0.1) is 0 Å². The molecule has 15 heteroatoms. The molecule has 3 aliphatic carbocycles. The third-order valence-electron chi connectivity index (χ3n) is 13.0. The summed E-state index contributed by atoms with van der Waals surface area (Å²) in [6.07, 6.45) is -6.03.